The molecule has 2 rings (SSSR count). The molecule has 16 heavy (non-hydrogen) atoms. The van der Waals surface area contributed by atoms with Crippen molar-refractivity contribution in [3.63, 3.8) is 0 Å². The summed E-state index contributed by atoms with van der Waals surface area (Å²) in [7, 11) is 0. The van der Waals surface area contributed by atoms with Crippen molar-refractivity contribution in [2.24, 2.45) is 5.41 Å². The maximum atomic E-state index is 3.74. The Kier molecular flexibility index (Phi) is 3.91. The van der Waals surface area contributed by atoms with Gasteiger partial charge in [-0.25, -0.2) is 0 Å². The summed E-state index contributed by atoms with van der Waals surface area (Å²) in [6.07, 6.45) is 9.69. The van der Waals surface area contributed by atoms with E-state index in [1.54, 1.807) is 0 Å². The van der Waals surface area contributed by atoms with Crippen molar-refractivity contribution >= 4 is 0 Å². The molecular weight excluding hydrogens is 196 g/mol. The molecule has 0 aromatic rings. The van der Waals surface area contributed by atoms with Gasteiger partial charge >= 0.3 is 0 Å². The number of hydrogen-bond donors (Lipinski definition) is 2. The van der Waals surface area contributed by atoms with Crippen molar-refractivity contribution in [1.82, 2.24) is 10.6 Å². The maximum Gasteiger partial charge on any atom is 0.0304 e. The second kappa shape index (κ2) is 5.05. The van der Waals surface area contributed by atoms with Crippen LogP contribution in [0.25, 0.3) is 0 Å². The quantitative estimate of drug-likeness (QED) is 0.750. The van der Waals surface area contributed by atoms with Gasteiger partial charge in [-0.1, -0.05) is 26.7 Å². The van der Waals surface area contributed by atoms with E-state index >= 15 is 0 Å². The largest absolute Gasteiger partial charge is 0.314 e. The topological polar surface area (TPSA) is 24.1 Å². The third kappa shape index (κ3) is 2.78. The minimum absolute atomic E-state index is 0.412. The highest BCUT2D eigenvalue weighted by Gasteiger charge is 2.33. The van der Waals surface area contributed by atoms with E-state index in [4.69, 9.17) is 0 Å². The fraction of sp³-hybridized carbons (Fsp3) is 1.00. The second-order valence-corrected chi connectivity index (χ2v) is 6.29. The summed E-state index contributed by atoms with van der Waals surface area (Å²) in [5.74, 6) is 0. The lowest BCUT2D eigenvalue weighted by atomic mass is 9.88. The van der Waals surface area contributed by atoms with Crippen LogP contribution in [0, 0.1) is 5.41 Å². The Bertz CT molecular complexity index is 213. The summed E-state index contributed by atoms with van der Waals surface area (Å²) in [5, 5.41) is 7.43. The third-order valence-corrected chi connectivity index (χ3v) is 4.83. The fourth-order valence-electron chi connectivity index (χ4n) is 3.46. The molecular formula is C14H28N2. The standard InChI is InChI=1S/C14H28N2/c1-3-14(9-6-10-16-14)12-15-11-13(2)7-4-5-8-13/h15-16H,3-12H2,1-2H3. The fourth-order valence-corrected chi connectivity index (χ4v) is 3.46. The Balaban J connectivity index is 1.74. The molecule has 1 saturated heterocycles. The van der Waals surface area contributed by atoms with Crippen molar-refractivity contribution in [2.75, 3.05) is 19.6 Å². The molecule has 2 fully saturated rings. The summed E-state index contributed by atoms with van der Waals surface area (Å²) in [4.78, 5) is 0. The van der Waals surface area contributed by atoms with Crippen LogP contribution in [0.5, 0.6) is 0 Å². The normalized spacial score (nSPS) is 33.4. The smallest absolute Gasteiger partial charge is 0.0304 e. The molecule has 1 heterocycles. The zero-order valence-corrected chi connectivity index (χ0v) is 11.1. The van der Waals surface area contributed by atoms with E-state index in [2.05, 4.69) is 24.5 Å². The Morgan fingerprint density at radius 1 is 1.06 bits per heavy atom. The molecule has 0 aromatic heterocycles. The van der Waals surface area contributed by atoms with Crippen molar-refractivity contribution in [3.05, 3.63) is 0 Å². The molecule has 94 valence electrons. The molecule has 2 N–H and O–H groups in total. The zero-order valence-electron chi connectivity index (χ0n) is 11.1. The lowest BCUT2D eigenvalue weighted by molar-refractivity contribution is 0.277. The first kappa shape index (κ1) is 12.4. The SMILES string of the molecule is CCC1(CNCC2(C)CCCC2)CCCN1. The van der Waals surface area contributed by atoms with E-state index in [0.717, 1.165) is 0 Å². The van der Waals surface area contributed by atoms with E-state index in [-0.39, 0.29) is 0 Å². The van der Waals surface area contributed by atoms with Gasteiger partial charge in [-0.3, -0.25) is 0 Å². The number of nitrogens with one attached hydrogen (secondary N) is 2. The lowest BCUT2D eigenvalue weighted by Crippen LogP contribution is -2.49. The molecule has 0 aromatic carbocycles. The van der Waals surface area contributed by atoms with Gasteiger partial charge in [-0.2, -0.15) is 0 Å². The van der Waals surface area contributed by atoms with Gasteiger partial charge in [0, 0.05) is 18.6 Å². The first-order valence-electron chi connectivity index (χ1n) is 7.14. The van der Waals surface area contributed by atoms with Gasteiger partial charge in [0.25, 0.3) is 0 Å². The minimum atomic E-state index is 0.412. The molecule has 2 nitrogen and oxygen atoms in total. The van der Waals surface area contributed by atoms with Crippen molar-refractivity contribution in [3.8, 4) is 0 Å². The van der Waals surface area contributed by atoms with Gasteiger partial charge in [0.05, 0.1) is 0 Å². The summed E-state index contributed by atoms with van der Waals surface area (Å²) < 4.78 is 0. The highest BCUT2D eigenvalue weighted by atomic mass is 15.1. The van der Waals surface area contributed by atoms with Crippen LogP contribution in [0.3, 0.4) is 0 Å². The third-order valence-electron chi connectivity index (χ3n) is 4.83. The Morgan fingerprint density at radius 2 is 1.81 bits per heavy atom. The first-order chi connectivity index (χ1) is 7.68. The van der Waals surface area contributed by atoms with Gasteiger partial charge in [-0.05, 0) is 44.1 Å². The molecule has 2 heteroatoms. The summed E-state index contributed by atoms with van der Waals surface area (Å²) >= 11 is 0. The molecule has 1 unspecified atom stereocenters. The number of hydrogen-bond acceptors (Lipinski definition) is 2. The molecule has 0 amide bonds. The molecule has 0 radical (unpaired) electrons. The average Bonchev–Trinajstić information content (AvgIpc) is 2.89. The highest BCUT2D eigenvalue weighted by Crippen LogP contribution is 2.36. The van der Waals surface area contributed by atoms with Crippen LogP contribution in [-0.2, 0) is 0 Å². The van der Waals surface area contributed by atoms with Crippen LogP contribution in [0.1, 0.15) is 58.8 Å². The Morgan fingerprint density at radius 3 is 2.38 bits per heavy atom. The van der Waals surface area contributed by atoms with Gasteiger partial charge < -0.3 is 10.6 Å². The lowest BCUT2D eigenvalue weighted by Gasteiger charge is -2.31. The predicted octanol–water partition coefficient (Wildman–Crippen LogP) is 2.69. The second-order valence-electron chi connectivity index (χ2n) is 6.29. The van der Waals surface area contributed by atoms with Crippen LogP contribution in [0.2, 0.25) is 0 Å². The van der Waals surface area contributed by atoms with Gasteiger partial charge in [-0.15, -0.1) is 0 Å². The van der Waals surface area contributed by atoms with E-state index in [1.165, 1.54) is 64.6 Å². The zero-order chi connectivity index (χ0) is 11.5. The molecule has 1 aliphatic heterocycles. The summed E-state index contributed by atoms with van der Waals surface area (Å²) in [6.45, 7) is 8.37. The van der Waals surface area contributed by atoms with E-state index in [0.29, 0.717) is 11.0 Å². The van der Waals surface area contributed by atoms with E-state index in [9.17, 15) is 0 Å². The monoisotopic (exact) mass is 224 g/mol. The van der Waals surface area contributed by atoms with Gasteiger partial charge in [0.15, 0.2) is 0 Å². The maximum absolute atomic E-state index is 3.74. The first-order valence-corrected chi connectivity index (χ1v) is 7.14. The van der Waals surface area contributed by atoms with Crippen LogP contribution < -0.4 is 10.6 Å². The highest BCUT2D eigenvalue weighted by molar-refractivity contribution is 4.94. The summed E-state index contributed by atoms with van der Waals surface area (Å²) in [5.41, 5.74) is 1.00. The summed E-state index contributed by atoms with van der Waals surface area (Å²) in [6, 6.07) is 0. The minimum Gasteiger partial charge on any atom is -0.314 e. The molecule has 0 bridgehead atoms. The Hall–Kier alpha value is -0.0800. The van der Waals surface area contributed by atoms with Crippen LogP contribution >= 0.6 is 0 Å². The van der Waals surface area contributed by atoms with Gasteiger partial charge in [0.2, 0.25) is 0 Å². The molecule has 1 aliphatic carbocycles. The Labute approximate surface area is 101 Å². The van der Waals surface area contributed by atoms with Crippen LogP contribution in [0.15, 0.2) is 0 Å². The van der Waals surface area contributed by atoms with Crippen molar-refractivity contribution in [1.29, 1.82) is 0 Å². The van der Waals surface area contributed by atoms with E-state index < -0.39 is 0 Å². The van der Waals surface area contributed by atoms with Crippen LogP contribution in [-0.4, -0.2) is 25.2 Å². The predicted molar refractivity (Wildman–Crippen MR) is 69.7 cm³/mol. The number of rotatable bonds is 5. The van der Waals surface area contributed by atoms with Crippen molar-refractivity contribution < 1.29 is 0 Å². The molecule has 1 atom stereocenters. The average molecular weight is 224 g/mol. The van der Waals surface area contributed by atoms with Crippen molar-refractivity contribution in [2.45, 2.75) is 64.3 Å². The molecule has 1 saturated carbocycles. The molecule has 0 spiro atoms. The molecule has 2 aliphatic rings. The van der Waals surface area contributed by atoms with Crippen LogP contribution in [0.4, 0.5) is 0 Å². The van der Waals surface area contributed by atoms with E-state index in [1.807, 2.05) is 0 Å². The van der Waals surface area contributed by atoms with Gasteiger partial charge in [0.1, 0.15) is 0 Å².